The number of aromatic nitrogens is 2. The van der Waals surface area contributed by atoms with Gasteiger partial charge in [0.1, 0.15) is 30.1 Å². The van der Waals surface area contributed by atoms with Crippen molar-refractivity contribution in [3.05, 3.63) is 54.1 Å². The third kappa shape index (κ3) is 3.67. The van der Waals surface area contributed by atoms with E-state index >= 15 is 0 Å². The summed E-state index contributed by atoms with van der Waals surface area (Å²) in [6.45, 7) is 2.10. The van der Waals surface area contributed by atoms with Gasteiger partial charge in [0.2, 0.25) is 0 Å². The summed E-state index contributed by atoms with van der Waals surface area (Å²) in [6.07, 6.45) is 1.34. The Morgan fingerprint density at radius 3 is 2.81 bits per heavy atom. The normalized spacial score (nSPS) is 12.0. The molecule has 26 heavy (non-hydrogen) atoms. The van der Waals surface area contributed by atoms with Gasteiger partial charge in [-0.3, -0.25) is 0 Å². The van der Waals surface area contributed by atoms with Crippen LogP contribution in [0.25, 0.3) is 10.9 Å². The zero-order chi connectivity index (χ0) is 18.5. The Hall–Kier alpha value is -2.93. The van der Waals surface area contributed by atoms with Gasteiger partial charge in [0, 0.05) is 5.39 Å². The summed E-state index contributed by atoms with van der Waals surface area (Å²) in [5.74, 6) is 1.31. The number of rotatable bonds is 7. The van der Waals surface area contributed by atoms with Crippen molar-refractivity contribution in [1.82, 2.24) is 9.97 Å². The highest BCUT2D eigenvalue weighted by atomic mass is 19.1. The summed E-state index contributed by atoms with van der Waals surface area (Å²) in [7, 11) is 1.56. The zero-order valence-corrected chi connectivity index (χ0v) is 14.6. The molecular weight excluding hydrogens is 337 g/mol. The standard InChI is InChI=1S/C19H20FN3O3/c1-12(13-6-7-16(26-9-8-24)17(10-13)25-2)23-19-14-4-3-5-15(20)18(14)21-11-22-19/h3-7,10-12,24H,8-9H2,1-2H3,(H,21,22,23). The van der Waals surface area contributed by atoms with Crippen LogP contribution in [-0.4, -0.2) is 35.4 Å². The average Bonchev–Trinajstić information content (AvgIpc) is 2.67. The van der Waals surface area contributed by atoms with E-state index in [1.54, 1.807) is 25.3 Å². The SMILES string of the molecule is COc1cc(C(C)Nc2ncnc3c(F)cccc23)ccc1OCCO. The molecule has 0 bridgehead atoms. The van der Waals surface area contributed by atoms with E-state index in [0.717, 1.165) is 5.56 Å². The number of fused-ring (bicyclic) bond motifs is 1. The maximum absolute atomic E-state index is 13.9. The monoisotopic (exact) mass is 357 g/mol. The summed E-state index contributed by atoms with van der Waals surface area (Å²) >= 11 is 0. The molecular formula is C19H20FN3O3. The average molecular weight is 357 g/mol. The van der Waals surface area contributed by atoms with Crippen LogP contribution in [0.2, 0.25) is 0 Å². The second kappa shape index (κ2) is 7.97. The molecule has 0 amide bonds. The van der Waals surface area contributed by atoms with E-state index in [-0.39, 0.29) is 30.6 Å². The van der Waals surface area contributed by atoms with E-state index in [4.69, 9.17) is 14.6 Å². The lowest BCUT2D eigenvalue weighted by Gasteiger charge is -2.18. The molecule has 0 radical (unpaired) electrons. The number of nitrogens with one attached hydrogen (secondary N) is 1. The molecule has 1 heterocycles. The van der Waals surface area contributed by atoms with E-state index in [2.05, 4.69) is 15.3 Å². The first-order valence-corrected chi connectivity index (χ1v) is 8.21. The number of halogens is 1. The first kappa shape index (κ1) is 17.9. The Morgan fingerprint density at radius 1 is 1.19 bits per heavy atom. The van der Waals surface area contributed by atoms with Crippen molar-refractivity contribution >= 4 is 16.7 Å². The van der Waals surface area contributed by atoms with Gasteiger partial charge in [0.25, 0.3) is 0 Å². The highest BCUT2D eigenvalue weighted by Gasteiger charge is 2.14. The van der Waals surface area contributed by atoms with Gasteiger partial charge >= 0.3 is 0 Å². The molecule has 0 aliphatic heterocycles. The van der Waals surface area contributed by atoms with Crippen molar-refractivity contribution in [3.63, 3.8) is 0 Å². The number of aliphatic hydroxyl groups is 1. The van der Waals surface area contributed by atoms with Crippen LogP contribution in [0, 0.1) is 5.82 Å². The van der Waals surface area contributed by atoms with Gasteiger partial charge in [0.05, 0.1) is 19.8 Å². The van der Waals surface area contributed by atoms with Crippen molar-refractivity contribution in [2.24, 2.45) is 0 Å². The predicted octanol–water partition coefficient (Wildman–Crippen LogP) is 3.32. The van der Waals surface area contributed by atoms with Crippen LogP contribution in [-0.2, 0) is 0 Å². The van der Waals surface area contributed by atoms with Crippen LogP contribution in [0.15, 0.2) is 42.7 Å². The third-order valence-corrected chi connectivity index (χ3v) is 4.01. The number of para-hydroxylation sites is 1. The van der Waals surface area contributed by atoms with Crippen molar-refractivity contribution < 1.29 is 19.0 Å². The van der Waals surface area contributed by atoms with Crippen molar-refractivity contribution in [1.29, 1.82) is 0 Å². The minimum absolute atomic E-state index is 0.0692. The Labute approximate surface area is 150 Å². The fraction of sp³-hybridized carbons (Fsp3) is 0.263. The lowest BCUT2D eigenvalue weighted by atomic mass is 10.1. The van der Waals surface area contributed by atoms with E-state index in [0.29, 0.717) is 22.7 Å². The van der Waals surface area contributed by atoms with Crippen LogP contribution in [0.5, 0.6) is 11.5 Å². The summed E-state index contributed by atoms with van der Waals surface area (Å²) < 4.78 is 24.7. The fourth-order valence-electron chi connectivity index (χ4n) is 2.68. The van der Waals surface area contributed by atoms with Crippen LogP contribution < -0.4 is 14.8 Å². The molecule has 3 aromatic rings. The Morgan fingerprint density at radius 2 is 2.04 bits per heavy atom. The third-order valence-electron chi connectivity index (χ3n) is 4.01. The molecule has 2 aromatic carbocycles. The number of methoxy groups -OCH3 is 1. The van der Waals surface area contributed by atoms with Crippen molar-refractivity contribution in [2.75, 3.05) is 25.6 Å². The van der Waals surface area contributed by atoms with Gasteiger partial charge in [-0.05, 0) is 36.8 Å². The number of anilines is 1. The molecule has 0 spiro atoms. The lowest BCUT2D eigenvalue weighted by molar-refractivity contribution is 0.196. The molecule has 0 saturated carbocycles. The van der Waals surface area contributed by atoms with Crippen LogP contribution >= 0.6 is 0 Å². The minimum atomic E-state index is -0.382. The van der Waals surface area contributed by atoms with Gasteiger partial charge in [-0.15, -0.1) is 0 Å². The van der Waals surface area contributed by atoms with Gasteiger partial charge in [-0.2, -0.15) is 0 Å². The highest BCUT2D eigenvalue weighted by molar-refractivity contribution is 5.89. The van der Waals surface area contributed by atoms with Crippen molar-refractivity contribution in [3.8, 4) is 11.5 Å². The van der Waals surface area contributed by atoms with E-state index < -0.39 is 0 Å². The Bertz CT molecular complexity index is 904. The number of nitrogens with zero attached hydrogens (tertiary/aromatic N) is 2. The molecule has 136 valence electrons. The maximum atomic E-state index is 13.9. The van der Waals surface area contributed by atoms with Gasteiger partial charge in [-0.1, -0.05) is 12.1 Å². The van der Waals surface area contributed by atoms with E-state index in [9.17, 15) is 4.39 Å². The summed E-state index contributed by atoms with van der Waals surface area (Å²) in [6, 6.07) is 10.2. The largest absolute Gasteiger partial charge is 0.493 e. The molecule has 0 saturated heterocycles. The van der Waals surface area contributed by atoms with E-state index in [1.807, 2.05) is 19.1 Å². The first-order valence-electron chi connectivity index (χ1n) is 8.21. The molecule has 3 rings (SSSR count). The highest BCUT2D eigenvalue weighted by Crippen LogP contribution is 2.32. The van der Waals surface area contributed by atoms with Crippen LogP contribution in [0.1, 0.15) is 18.5 Å². The second-order valence-electron chi connectivity index (χ2n) is 5.71. The summed E-state index contributed by atoms with van der Waals surface area (Å²) in [5.41, 5.74) is 1.23. The molecule has 6 nitrogen and oxygen atoms in total. The van der Waals surface area contributed by atoms with Crippen LogP contribution in [0.3, 0.4) is 0 Å². The molecule has 0 fully saturated rings. The molecule has 2 N–H and O–H groups in total. The number of benzene rings is 2. The predicted molar refractivity (Wildman–Crippen MR) is 97.1 cm³/mol. The molecule has 0 aliphatic rings. The lowest BCUT2D eigenvalue weighted by Crippen LogP contribution is -2.10. The molecule has 1 aromatic heterocycles. The topological polar surface area (TPSA) is 76.5 Å². The fourth-order valence-corrected chi connectivity index (χ4v) is 2.68. The Kier molecular flexibility index (Phi) is 5.48. The number of hydrogen-bond donors (Lipinski definition) is 2. The number of aliphatic hydroxyl groups excluding tert-OH is 1. The molecule has 1 atom stereocenters. The maximum Gasteiger partial charge on any atom is 0.161 e. The quantitative estimate of drug-likeness (QED) is 0.676. The van der Waals surface area contributed by atoms with Crippen molar-refractivity contribution in [2.45, 2.75) is 13.0 Å². The van der Waals surface area contributed by atoms with Crippen LogP contribution in [0.4, 0.5) is 10.2 Å². The summed E-state index contributed by atoms with van der Waals surface area (Å²) in [4.78, 5) is 8.25. The smallest absolute Gasteiger partial charge is 0.161 e. The Balaban J connectivity index is 1.86. The molecule has 1 unspecified atom stereocenters. The second-order valence-corrected chi connectivity index (χ2v) is 5.71. The molecule has 7 heteroatoms. The molecule has 0 aliphatic carbocycles. The number of hydrogen-bond acceptors (Lipinski definition) is 6. The van der Waals surface area contributed by atoms with E-state index in [1.165, 1.54) is 12.4 Å². The van der Waals surface area contributed by atoms with Gasteiger partial charge in [0.15, 0.2) is 11.5 Å². The number of ether oxygens (including phenoxy) is 2. The first-order chi connectivity index (χ1) is 12.6. The van der Waals surface area contributed by atoms with Gasteiger partial charge < -0.3 is 19.9 Å². The zero-order valence-electron chi connectivity index (χ0n) is 14.6. The van der Waals surface area contributed by atoms with Gasteiger partial charge in [-0.25, -0.2) is 14.4 Å². The minimum Gasteiger partial charge on any atom is -0.493 e. The summed E-state index contributed by atoms with van der Waals surface area (Å²) in [5, 5.41) is 12.8.